The minimum Gasteiger partial charge on any atom is -0.314 e. The molecule has 3 heteroatoms. The lowest BCUT2D eigenvalue weighted by atomic mass is 9.89. The molecule has 1 atom stereocenters. The largest absolute Gasteiger partial charge is 0.314 e. The summed E-state index contributed by atoms with van der Waals surface area (Å²) in [6.45, 7) is 10.2. The van der Waals surface area contributed by atoms with Crippen LogP contribution in [0.25, 0.3) is 0 Å². The Morgan fingerprint density at radius 2 is 1.79 bits per heavy atom. The quantitative estimate of drug-likeness (QED) is 0.904. The number of hydrogen-bond acceptors (Lipinski definition) is 3. The summed E-state index contributed by atoms with van der Waals surface area (Å²) in [4.78, 5) is 2.27. The van der Waals surface area contributed by atoms with Gasteiger partial charge in [-0.1, -0.05) is 38.1 Å². The average molecular weight is 257 g/mol. The van der Waals surface area contributed by atoms with Crippen LogP contribution in [-0.2, 0) is 5.54 Å². The van der Waals surface area contributed by atoms with Crippen LogP contribution in [0.4, 0.5) is 0 Å². The topological polar surface area (TPSA) is 39.1 Å². The molecule has 0 saturated carbocycles. The van der Waals surface area contributed by atoms with Crippen LogP contribution >= 0.6 is 0 Å². The summed E-state index contributed by atoms with van der Waals surface area (Å²) >= 11 is 0. The van der Waals surface area contributed by atoms with E-state index in [9.17, 15) is 5.26 Å². The molecule has 0 aromatic heterocycles. The molecule has 1 aromatic carbocycles. The maximum Gasteiger partial charge on any atom is 0.132 e. The molecule has 0 radical (unpaired) electrons. The lowest BCUT2D eigenvalue weighted by molar-refractivity contribution is 0.132. The zero-order valence-electron chi connectivity index (χ0n) is 12.1. The van der Waals surface area contributed by atoms with Crippen molar-refractivity contribution in [1.82, 2.24) is 10.2 Å². The minimum absolute atomic E-state index is 0.516. The van der Waals surface area contributed by atoms with E-state index in [4.69, 9.17) is 0 Å². The summed E-state index contributed by atoms with van der Waals surface area (Å²) in [6.07, 6.45) is 0. The molecule has 1 unspecified atom stereocenters. The van der Waals surface area contributed by atoms with Gasteiger partial charge < -0.3 is 5.32 Å². The molecule has 0 aliphatic carbocycles. The molecule has 1 heterocycles. The zero-order valence-corrected chi connectivity index (χ0v) is 12.1. The van der Waals surface area contributed by atoms with Gasteiger partial charge >= 0.3 is 0 Å². The number of nitrogens with one attached hydrogen (secondary N) is 1. The fourth-order valence-electron chi connectivity index (χ4n) is 2.62. The Kier molecular flexibility index (Phi) is 4.24. The first-order valence-corrected chi connectivity index (χ1v) is 7.05. The van der Waals surface area contributed by atoms with Crippen LogP contribution in [0.5, 0.6) is 0 Å². The number of hydrogen-bond donors (Lipinski definition) is 1. The molecule has 0 amide bonds. The standard InChI is InChI=1S/C16H23N3/c1-13(2)14-4-6-15(7-5-14)16(3,12-17)19-10-8-18-9-11-19/h4-7,13,18H,8-11H2,1-3H3. The SMILES string of the molecule is CC(C)c1ccc(C(C)(C#N)N2CCNCC2)cc1. The molecular formula is C16H23N3. The number of rotatable bonds is 3. The predicted molar refractivity (Wildman–Crippen MR) is 77.9 cm³/mol. The molecule has 1 fully saturated rings. The fraction of sp³-hybridized carbons (Fsp3) is 0.562. The maximum absolute atomic E-state index is 9.66. The highest BCUT2D eigenvalue weighted by Gasteiger charge is 2.34. The molecule has 0 bridgehead atoms. The maximum atomic E-state index is 9.66. The van der Waals surface area contributed by atoms with Gasteiger partial charge in [-0.3, -0.25) is 4.90 Å². The second-order valence-electron chi connectivity index (χ2n) is 5.70. The minimum atomic E-state index is -0.516. The van der Waals surface area contributed by atoms with Gasteiger partial charge in [-0.25, -0.2) is 0 Å². The summed E-state index contributed by atoms with van der Waals surface area (Å²) in [5.41, 5.74) is 1.91. The Hall–Kier alpha value is -1.37. The molecule has 19 heavy (non-hydrogen) atoms. The summed E-state index contributed by atoms with van der Waals surface area (Å²) in [7, 11) is 0. The zero-order chi connectivity index (χ0) is 13.9. The number of nitrogens with zero attached hydrogens (tertiary/aromatic N) is 2. The molecule has 1 aliphatic rings. The van der Waals surface area contributed by atoms with Crippen LogP contribution in [0.2, 0.25) is 0 Å². The van der Waals surface area contributed by atoms with Gasteiger partial charge in [-0.05, 0) is 24.0 Å². The summed E-state index contributed by atoms with van der Waals surface area (Å²) in [5, 5.41) is 13.0. The molecule has 1 N–H and O–H groups in total. The lowest BCUT2D eigenvalue weighted by Gasteiger charge is -2.39. The molecule has 1 aromatic rings. The second kappa shape index (κ2) is 5.73. The van der Waals surface area contributed by atoms with Crippen LogP contribution in [0.3, 0.4) is 0 Å². The van der Waals surface area contributed by atoms with Gasteiger partial charge in [0.05, 0.1) is 6.07 Å². The molecule has 1 saturated heterocycles. The van der Waals surface area contributed by atoms with Crippen molar-refractivity contribution in [2.24, 2.45) is 0 Å². The van der Waals surface area contributed by atoms with Gasteiger partial charge in [-0.15, -0.1) is 0 Å². The molecular weight excluding hydrogens is 234 g/mol. The van der Waals surface area contributed by atoms with Crippen molar-refractivity contribution < 1.29 is 0 Å². The smallest absolute Gasteiger partial charge is 0.132 e. The van der Waals surface area contributed by atoms with E-state index in [2.05, 4.69) is 54.4 Å². The molecule has 102 valence electrons. The van der Waals surface area contributed by atoms with Gasteiger partial charge in [0.25, 0.3) is 0 Å². The Morgan fingerprint density at radius 3 is 2.26 bits per heavy atom. The monoisotopic (exact) mass is 257 g/mol. The van der Waals surface area contributed by atoms with E-state index in [0.717, 1.165) is 31.7 Å². The van der Waals surface area contributed by atoms with E-state index < -0.39 is 5.54 Å². The average Bonchev–Trinajstić information content (AvgIpc) is 2.47. The molecule has 1 aliphatic heterocycles. The van der Waals surface area contributed by atoms with Gasteiger partial charge in [0.1, 0.15) is 5.54 Å². The molecule has 3 nitrogen and oxygen atoms in total. The van der Waals surface area contributed by atoms with Crippen LogP contribution in [0.1, 0.15) is 37.8 Å². The van der Waals surface area contributed by atoms with Crippen molar-refractivity contribution in [3.05, 3.63) is 35.4 Å². The Morgan fingerprint density at radius 1 is 1.21 bits per heavy atom. The third-order valence-electron chi connectivity index (χ3n) is 4.11. The lowest BCUT2D eigenvalue weighted by Crippen LogP contribution is -2.52. The molecule has 0 spiro atoms. The van der Waals surface area contributed by atoms with E-state index in [1.54, 1.807) is 0 Å². The highest BCUT2D eigenvalue weighted by Crippen LogP contribution is 2.29. The normalized spacial score (nSPS) is 19.9. The van der Waals surface area contributed by atoms with Gasteiger partial charge in [0.15, 0.2) is 0 Å². The Bertz CT molecular complexity index is 452. The Labute approximate surface area is 116 Å². The summed E-state index contributed by atoms with van der Waals surface area (Å²) in [6, 6.07) is 11.0. The molecule has 2 rings (SSSR count). The summed E-state index contributed by atoms with van der Waals surface area (Å²) < 4.78 is 0. The van der Waals surface area contributed by atoms with Crippen molar-refractivity contribution >= 4 is 0 Å². The van der Waals surface area contributed by atoms with E-state index in [1.807, 2.05) is 6.92 Å². The first-order valence-electron chi connectivity index (χ1n) is 7.05. The van der Waals surface area contributed by atoms with Crippen molar-refractivity contribution in [2.45, 2.75) is 32.2 Å². The number of piperazine rings is 1. The van der Waals surface area contributed by atoms with Crippen molar-refractivity contribution in [1.29, 1.82) is 5.26 Å². The van der Waals surface area contributed by atoms with Gasteiger partial charge in [0.2, 0.25) is 0 Å². The van der Waals surface area contributed by atoms with Crippen molar-refractivity contribution in [3.63, 3.8) is 0 Å². The van der Waals surface area contributed by atoms with E-state index >= 15 is 0 Å². The van der Waals surface area contributed by atoms with Crippen LogP contribution in [0, 0.1) is 11.3 Å². The first kappa shape index (κ1) is 14.0. The van der Waals surface area contributed by atoms with E-state index in [0.29, 0.717) is 5.92 Å². The van der Waals surface area contributed by atoms with E-state index in [1.165, 1.54) is 5.56 Å². The van der Waals surface area contributed by atoms with E-state index in [-0.39, 0.29) is 0 Å². The first-order chi connectivity index (χ1) is 9.08. The number of benzene rings is 1. The fourth-order valence-corrected chi connectivity index (χ4v) is 2.62. The van der Waals surface area contributed by atoms with Crippen molar-refractivity contribution in [3.8, 4) is 6.07 Å². The second-order valence-corrected chi connectivity index (χ2v) is 5.70. The Balaban J connectivity index is 2.27. The third kappa shape index (κ3) is 2.80. The van der Waals surface area contributed by atoms with Crippen molar-refractivity contribution in [2.75, 3.05) is 26.2 Å². The van der Waals surface area contributed by atoms with Crippen LogP contribution in [0.15, 0.2) is 24.3 Å². The third-order valence-corrected chi connectivity index (χ3v) is 4.11. The van der Waals surface area contributed by atoms with Gasteiger partial charge in [0, 0.05) is 26.2 Å². The number of nitriles is 1. The van der Waals surface area contributed by atoms with Crippen LogP contribution in [-0.4, -0.2) is 31.1 Å². The highest BCUT2D eigenvalue weighted by atomic mass is 15.2. The van der Waals surface area contributed by atoms with Gasteiger partial charge in [-0.2, -0.15) is 5.26 Å². The van der Waals surface area contributed by atoms with Crippen LogP contribution < -0.4 is 5.32 Å². The predicted octanol–water partition coefficient (Wildman–Crippen LogP) is 2.45. The highest BCUT2D eigenvalue weighted by molar-refractivity contribution is 5.34. The summed E-state index contributed by atoms with van der Waals surface area (Å²) in [5.74, 6) is 0.529.